The molecule has 0 bridgehead atoms. The van der Waals surface area contributed by atoms with Gasteiger partial charge in [-0.3, -0.25) is 14.5 Å². The van der Waals surface area contributed by atoms with Gasteiger partial charge < -0.3 is 5.32 Å². The van der Waals surface area contributed by atoms with Crippen LogP contribution in [0.15, 0.2) is 35.7 Å². The highest BCUT2D eigenvalue weighted by atomic mass is 32.1. The van der Waals surface area contributed by atoms with E-state index in [9.17, 15) is 9.59 Å². The second kappa shape index (κ2) is 6.05. The third-order valence-electron chi connectivity index (χ3n) is 3.24. The summed E-state index contributed by atoms with van der Waals surface area (Å²) >= 11 is 1.41. The molecule has 1 aromatic carbocycles. The summed E-state index contributed by atoms with van der Waals surface area (Å²) in [6.45, 7) is 0.724. The maximum Gasteiger partial charge on any atom is 0.230 e. The first-order valence-corrected chi connectivity index (χ1v) is 7.70. The first kappa shape index (κ1) is 13.8. The summed E-state index contributed by atoms with van der Waals surface area (Å²) in [6, 6.07) is 9.32. The highest BCUT2D eigenvalue weighted by Crippen LogP contribution is 2.25. The van der Waals surface area contributed by atoms with E-state index < -0.39 is 0 Å². The number of anilines is 2. The zero-order valence-corrected chi connectivity index (χ0v) is 12.2. The lowest BCUT2D eigenvalue weighted by Crippen LogP contribution is -2.23. The summed E-state index contributed by atoms with van der Waals surface area (Å²) < 4.78 is 0. The quantitative estimate of drug-likeness (QED) is 0.943. The first-order valence-electron chi connectivity index (χ1n) is 6.82. The minimum atomic E-state index is -0.106. The van der Waals surface area contributed by atoms with Gasteiger partial charge in [0.25, 0.3) is 0 Å². The van der Waals surface area contributed by atoms with Gasteiger partial charge in [-0.05, 0) is 18.6 Å². The topological polar surface area (TPSA) is 62.3 Å². The van der Waals surface area contributed by atoms with E-state index in [1.165, 1.54) is 11.3 Å². The molecular weight excluding hydrogens is 286 g/mol. The SMILES string of the molecule is O=C(Cc1csc(N2CCCC2=O)n1)Nc1ccccc1. The first-order chi connectivity index (χ1) is 10.2. The number of rotatable bonds is 4. The van der Waals surface area contributed by atoms with Gasteiger partial charge in [0, 0.05) is 24.0 Å². The Hall–Kier alpha value is -2.21. The molecular formula is C15H15N3O2S. The van der Waals surface area contributed by atoms with Gasteiger partial charge in [-0.15, -0.1) is 11.3 Å². The molecule has 6 heteroatoms. The molecule has 21 heavy (non-hydrogen) atoms. The van der Waals surface area contributed by atoms with Crippen LogP contribution in [0.25, 0.3) is 0 Å². The van der Waals surface area contributed by atoms with Crippen molar-refractivity contribution < 1.29 is 9.59 Å². The molecule has 0 spiro atoms. The van der Waals surface area contributed by atoms with Gasteiger partial charge in [-0.25, -0.2) is 4.98 Å². The van der Waals surface area contributed by atoms with Crippen molar-refractivity contribution in [3.05, 3.63) is 41.4 Å². The number of aromatic nitrogens is 1. The van der Waals surface area contributed by atoms with Crippen LogP contribution in [0.2, 0.25) is 0 Å². The Morgan fingerprint density at radius 2 is 2.14 bits per heavy atom. The van der Waals surface area contributed by atoms with Gasteiger partial charge >= 0.3 is 0 Å². The van der Waals surface area contributed by atoms with Crippen molar-refractivity contribution in [2.24, 2.45) is 0 Å². The Morgan fingerprint density at radius 1 is 1.33 bits per heavy atom. The molecule has 0 unspecified atom stereocenters. The zero-order valence-electron chi connectivity index (χ0n) is 11.4. The summed E-state index contributed by atoms with van der Waals surface area (Å²) in [7, 11) is 0. The molecule has 1 aromatic heterocycles. The monoisotopic (exact) mass is 301 g/mol. The lowest BCUT2D eigenvalue weighted by atomic mass is 10.3. The molecule has 2 amide bonds. The number of nitrogens with one attached hydrogen (secondary N) is 1. The van der Waals surface area contributed by atoms with Crippen LogP contribution in [0.4, 0.5) is 10.8 Å². The average molecular weight is 301 g/mol. The lowest BCUT2D eigenvalue weighted by Gasteiger charge is -2.10. The molecule has 108 valence electrons. The minimum Gasteiger partial charge on any atom is -0.326 e. The molecule has 5 nitrogen and oxygen atoms in total. The number of amides is 2. The van der Waals surface area contributed by atoms with Crippen LogP contribution in [-0.2, 0) is 16.0 Å². The average Bonchev–Trinajstić information content (AvgIpc) is 3.08. The van der Waals surface area contributed by atoms with Crippen LogP contribution < -0.4 is 10.2 Å². The second-order valence-electron chi connectivity index (χ2n) is 4.86. The highest BCUT2D eigenvalue weighted by molar-refractivity contribution is 7.14. The molecule has 1 aliphatic heterocycles. The fourth-order valence-corrected chi connectivity index (χ4v) is 3.11. The van der Waals surface area contributed by atoms with E-state index in [2.05, 4.69) is 10.3 Å². The van der Waals surface area contributed by atoms with Crippen molar-refractivity contribution in [2.45, 2.75) is 19.3 Å². The normalized spacial score (nSPS) is 14.5. The van der Waals surface area contributed by atoms with Crippen LogP contribution in [0.3, 0.4) is 0 Å². The number of carbonyl (C=O) groups excluding carboxylic acids is 2. The van der Waals surface area contributed by atoms with Crippen LogP contribution in [0.5, 0.6) is 0 Å². The fourth-order valence-electron chi connectivity index (χ4n) is 2.24. The Balaban J connectivity index is 1.62. The number of para-hydroxylation sites is 1. The number of hydrogen-bond donors (Lipinski definition) is 1. The van der Waals surface area contributed by atoms with Crippen molar-refractivity contribution in [1.82, 2.24) is 4.98 Å². The van der Waals surface area contributed by atoms with E-state index >= 15 is 0 Å². The molecule has 2 heterocycles. The lowest BCUT2D eigenvalue weighted by molar-refractivity contribution is -0.117. The van der Waals surface area contributed by atoms with Gasteiger partial charge in [0.05, 0.1) is 12.1 Å². The molecule has 1 N–H and O–H groups in total. The Bertz CT molecular complexity index is 654. The van der Waals surface area contributed by atoms with E-state index in [4.69, 9.17) is 0 Å². The zero-order chi connectivity index (χ0) is 14.7. The predicted octanol–water partition coefficient (Wildman–Crippen LogP) is 2.45. The summed E-state index contributed by atoms with van der Waals surface area (Å²) in [6.07, 6.45) is 1.68. The fraction of sp³-hybridized carbons (Fsp3) is 0.267. The summed E-state index contributed by atoms with van der Waals surface area (Å²) in [5.74, 6) is 0.00966. The van der Waals surface area contributed by atoms with E-state index in [1.54, 1.807) is 4.90 Å². The van der Waals surface area contributed by atoms with Crippen LogP contribution >= 0.6 is 11.3 Å². The Morgan fingerprint density at radius 3 is 2.86 bits per heavy atom. The van der Waals surface area contributed by atoms with E-state index in [0.29, 0.717) is 17.2 Å². The molecule has 0 radical (unpaired) electrons. The number of carbonyl (C=O) groups is 2. The highest BCUT2D eigenvalue weighted by Gasteiger charge is 2.24. The van der Waals surface area contributed by atoms with Crippen molar-refractivity contribution in [3.8, 4) is 0 Å². The maximum atomic E-state index is 11.9. The van der Waals surface area contributed by atoms with E-state index in [1.807, 2.05) is 35.7 Å². The molecule has 0 saturated carbocycles. The third kappa shape index (κ3) is 3.28. The van der Waals surface area contributed by atoms with E-state index in [-0.39, 0.29) is 18.2 Å². The van der Waals surface area contributed by atoms with Crippen molar-refractivity contribution in [1.29, 1.82) is 0 Å². The number of thiazole rings is 1. The van der Waals surface area contributed by atoms with Crippen molar-refractivity contribution >= 4 is 34.0 Å². The minimum absolute atomic E-state index is 0.106. The van der Waals surface area contributed by atoms with Gasteiger partial charge in [-0.2, -0.15) is 0 Å². The Kier molecular flexibility index (Phi) is 3.96. The molecule has 0 atom stereocenters. The van der Waals surface area contributed by atoms with Crippen LogP contribution in [-0.4, -0.2) is 23.3 Å². The van der Waals surface area contributed by atoms with E-state index in [0.717, 1.165) is 18.7 Å². The smallest absolute Gasteiger partial charge is 0.230 e. The van der Waals surface area contributed by atoms with Crippen molar-refractivity contribution in [2.75, 3.05) is 16.8 Å². The largest absolute Gasteiger partial charge is 0.326 e. The molecule has 1 fully saturated rings. The molecule has 3 rings (SSSR count). The van der Waals surface area contributed by atoms with Gasteiger partial charge in [0.15, 0.2) is 5.13 Å². The Labute approximate surface area is 126 Å². The molecule has 2 aromatic rings. The molecule has 1 saturated heterocycles. The standard InChI is InChI=1S/C15H15N3O2S/c19-13(16-11-5-2-1-3-6-11)9-12-10-21-15(17-12)18-8-4-7-14(18)20/h1-3,5-6,10H,4,7-9H2,(H,16,19). The summed E-state index contributed by atoms with van der Waals surface area (Å²) in [4.78, 5) is 29.7. The van der Waals surface area contributed by atoms with Crippen LogP contribution in [0.1, 0.15) is 18.5 Å². The van der Waals surface area contributed by atoms with Gasteiger partial charge in [0.2, 0.25) is 11.8 Å². The maximum absolute atomic E-state index is 11.9. The van der Waals surface area contributed by atoms with Gasteiger partial charge in [0.1, 0.15) is 0 Å². The summed E-state index contributed by atoms with van der Waals surface area (Å²) in [5.41, 5.74) is 1.47. The third-order valence-corrected chi connectivity index (χ3v) is 4.16. The van der Waals surface area contributed by atoms with Crippen LogP contribution in [0, 0.1) is 0 Å². The second-order valence-corrected chi connectivity index (χ2v) is 5.70. The molecule has 0 aliphatic carbocycles. The number of nitrogens with zero attached hydrogens (tertiary/aromatic N) is 2. The number of hydrogen-bond acceptors (Lipinski definition) is 4. The van der Waals surface area contributed by atoms with Crippen molar-refractivity contribution in [3.63, 3.8) is 0 Å². The predicted molar refractivity (Wildman–Crippen MR) is 82.5 cm³/mol. The summed E-state index contributed by atoms with van der Waals surface area (Å²) in [5, 5.41) is 5.36. The number of benzene rings is 1. The molecule has 1 aliphatic rings. The van der Waals surface area contributed by atoms with Gasteiger partial charge in [-0.1, -0.05) is 18.2 Å².